The first-order valence-electron chi connectivity index (χ1n) is 13.3. The summed E-state index contributed by atoms with van der Waals surface area (Å²) in [5, 5.41) is 31.5. The second-order valence-electron chi connectivity index (χ2n) is 10.2. The molecule has 0 bridgehead atoms. The van der Waals surface area contributed by atoms with Gasteiger partial charge >= 0.3 is 7.82 Å². The average molecular weight is 758 g/mol. The first kappa shape index (κ1) is 36.8. The highest BCUT2D eigenvalue weighted by atomic mass is 32.1. The molecule has 27 heteroatoms. The third kappa shape index (κ3) is 8.29. The summed E-state index contributed by atoms with van der Waals surface area (Å²) in [4.78, 5) is 55.0. The van der Waals surface area contributed by atoms with Gasteiger partial charge in [-0.1, -0.05) is 12.2 Å². The van der Waals surface area contributed by atoms with E-state index in [4.69, 9.17) is 33.2 Å². The maximum atomic E-state index is 12.5. The van der Waals surface area contributed by atoms with E-state index in [0.717, 1.165) is 17.2 Å². The molecule has 2 fully saturated rings. The summed E-state index contributed by atoms with van der Waals surface area (Å²) in [6.07, 6.45) is -8.19. The molecule has 11 atom stereocenters. The van der Waals surface area contributed by atoms with Crippen LogP contribution in [0.2, 0.25) is 0 Å². The van der Waals surface area contributed by atoms with Gasteiger partial charge < -0.3 is 64.9 Å². The molecule has 0 radical (unpaired) electrons. The molecule has 0 saturated carbocycles. The minimum absolute atomic E-state index is 0.0175. The van der Waals surface area contributed by atoms with Crippen LogP contribution >= 0.6 is 35.7 Å². The zero-order chi connectivity index (χ0) is 35.2. The van der Waals surface area contributed by atoms with Crippen LogP contribution in [0.3, 0.4) is 0 Å². The van der Waals surface area contributed by atoms with E-state index in [2.05, 4.69) is 32.8 Å². The molecule has 2 aliphatic rings. The molecule has 264 valence electrons. The maximum absolute atomic E-state index is 12.5. The van der Waals surface area contributed by atoms with E-state index in [9.17, 15) is 48.6 Å². The fraction of sp³-hybridized carbons (Fsp3) is 0.476. The lowest BCUT2D eigenvalue weighted by atomic mass is 10.1. The van der Waals surface area contributed by atoms with Crippen LogP contribution in [0.25, 0.3) is 11.2 Å². The fourth-order valence-corrected chi connectivity index (χ4v) is 7.53. The van der Waals surface area contributed by atoms with Gasteiger partial charge in [0, 0.05) is 6.07 Å². The number of hydrogen-bond acceptors (Lipinski definition) is 19. The average Bonchev–Trinajstić information content (AvgIpc) is 3.64. The van der Waals surface area contributed by atoms with Crippen LogP contribution in [0.15, 0.2) is 37.2 Å². The van der Waals surface area contributed by atoms with Gasteiger partial charge in [-0.3, -0.25) is 18.2 Å². The molecule has 0 amide bonds. The van der Waals surface area contributed by atoms with Gasteiger partial charge in [-0.15, -0.1) is 0 Å². The van der Waals surface area contributed by atoms with E-state index in [1.54, 1.807) is 6.07 Å². The Morgan fingerprint density at radius 3 is 2.42 bits per heavy atom. The highest BCUT2D eigenvalue weighted by Gasteiger charge is 2.50. The van der Waals surface area contributed by atoms with Crippen molar-refractivity contribution in [3.63, 3.8) is 0 Å². The molecule has 48 heavy (non-hydrogen) atoms. The topological polar surface area (TPSA) is 353 Å². The molecule has 2 aliphatic heterocycles. The largest absolute Gasteiger partial charge is 0.756 e. The summed E-state index contributed by atoms with van der Waals surface area (Å²) < 4.78 is 67.9. The Hall–Kier alpha value is -2.44. The Balaban J connectivity index is 1.21. The SMILES string of the molecule is NC(=S)c1ccc[n+]([C@@H]2O[C@@H](COP(=O)([O-])OP(=O)(O)OC[C@H]3O[C@@H](n4cnc5c(N)ncnc54)C(OP(=O)([O-])O)[C@H]3O)C(O)C2O)c1. The number of aliphatic hydroxyl groups is 3. The predicted molar refractivity (Wildman–Crippen MR) is 153 cm³/mol. The Kier molecular flexibility index (Phi) is 10.8. The summed E-state index contributed by atoms with van der Waals surface area (Å²) >= 11 is 4.91. The molecule has 2 saturated heterocycles. The van der Waals surface area contributed by atoms with E-state index in [1.165, 1.54) is 23.0 Å². The second kappa shape index (κ2) is 14.1. The summed E-state index contributed by atoms with van der Waals surface area (Å²) in [7, 11) is -16.8. The van der Waals surface area contributed by atoms with Crippen LogP contribution in [0, 0.1) is 0 Å². The van der Waals surface area contributed by atoms with Crippen molar-refractivity contribution >= 4 is 57.7 Å². The van der Waals surface area contributed by atoms with Gasteiger partial charge in [0.25, 0.3) is 21.9 Å². The molecule has 23 nitrogen and oxygen atoms in total. The fourth-order valence-electron chi connectivity index (χ4n) is 4.82. The Morgan fingerprint density at radius 2 is 1.73 bits per heavy atom. The summed E-state index contributed by atoms with van der Waals surface area (Å²) in [6.45, 7) is -2.09. The van der Waals surface area contributed by atoms with E-state index in [-0.39, 0.29) is 22.0 Å². The monoisotopic (exact) mass is 758 g/mol. The zero-order valence-electron chi connectivity index (χ0n) is 23.9. The van der Waals surface area contributed by atoms with Crippen molar-refractivity contribution in [3.8, 4) is 0 Å². The lowest BCUT2D eigenvalue weighted by Crippen LogP contribution is -2.46. The van der Waals surface area contributed by atoms with Crippen molar-refractivity contribution in [1.82, 2.24) is 19.5 Å². The molecule has 0 aromatic carbocycles. The van der Waals surface area contributed by atoms with Crippen LogP contribution in [-0.4, -0.2) is 99.5 Å². The molecule has 6 unspecified atom stereocenters. The number of thiocarbonyl (C=S) groups is 1. The highest BCUT2D eigenvalue weighted by molar-refractivity contribution is 7.80. The first-order valence-corrected chi connectivity index (χ1v) is 18.2. The van der Waals surface area contributed by atoms with Crippen molar-refractivity contribution in [2.75, 3.05) is 18.9 Å². The Labute approximate surface area is 274 Å². The molecule has 5 heterocycles. The molecule has 5 rings (SSSR count). The third-order valence-corrected chi connectivity index (χ3v) is 10.3. The highest BCUT2D eigenvalue weighted by Crippen LogP contribution is 2.58. The Morgan fingerprint density at radius 1 is 1.04 bits per heavy atom. The molecular formula is C21H27N7O16P3S-. The van der Waals surface area contributed by atoms with Gasteiger partial charge in [-0.05, 0) is 6.07 Å². The number of imidazole rings is 1. The van der Waals surface area contributed by atoms with Crippen molar-refractivity contribution in [1.29, 1.82) is 0 Å². The molecule has 9 N–H and O–H groups in total. The number of nitrogens with two attached hydrogens (primary N) is 2. The number of ether oxygens (including phenoxy) is 2. The van der Waals surface area contributed by atoms with E-state index in [1.807, 2.05) is 0 Å². The van der Waals surface area contributed by atoms with Crippen LogP contribution in [-0.2, 0) is 41.1 Å². The number of nitrogen functional groups attached to an aromatic ring is 1. The number of aromatic nitrogens is 5. The molecule has 3 aromatic heterocycles. The quantitative estimate of drug-likeness (QED) is 0.0502. The van der Waals surface area contributed by atoms with Gasteiger partial charge in [0.05, 0.1) is 25.1 Å². The number of anilines is 1. The smallest absolute Gasteiger partial charge is 0.478 e. The number of nitrogens with zero attached hydrogens (tertiary/aromatic N) is 5. The second-order valence-corrected chi connectivity index (χ2v) is 14.8. The first-order chi connectivity index (χ1) is 22.4. The van der Waals surface area contributed by atoms with Gasteiger partial charge in [-0.25, -0.2) is 23.8 Å². The Bertz CT molecular complexity index is 1820. The van der Waals surface area contributed by atoms with Crippen molar-refractivity contribution < 1.29 is 80.5 Å². The van der Waals surface area contributed by atoms with Gasteiger partial charge in [0.15, 0.2) is 36.2 Å². The third-order valence-electron chi connectivity index (χ3n) is 6.97. The lowest BCUT2D eigenvalue weighted by molar-refractivity contribution is -0.765. The standard InChI is InChI=1S/C21H28N7O16P3S/c22-17-12-19(25-7-24-17)28(8-26-12)21-16(43-45(32,33)34)14(30)11(42-21)6-40-47(37,38)44-46(35,36)39-5-10-13(29)15(31)20(41-10)27-3-1-2-9(4-27)18(23)48/h1-4,7-8,10-11,13-16,20-21,29-31H,5-6H2,(H7-,22,23,24,25,32,33,34,35,36,37,38,48)/p-1/t10-,11+,13?,14-,15?,16?,20+,21+/m0/s1. The van der Waals surface area contributed by atoms with Crippen LogP contribution in [0.4, 0.5) is 5.82 Å². The lowest BCUT2D eigenvalue weighted by Gasteiger charge is -2.27. The number of pyridine rings is 1. The van der Waals surface area contributed by atoms with Crippen LogP contribution in [0.5, 0.6) is 0 Å². The normalized spacial score (nSPS) is 31.3. The van der Waals surface area contributed by atoms with Crippen molar-refractivity contribution in [2.45, 2.75) is 49.1 Å². The van der Waals surface area contributed by atoms with Gasteiger partial charge in [0.2, 0.25) is 0 Å². The van der Waals surface area contributed by atoms with Crippen molar-refractivity contribution in [3.05, 3.63) is 42.7 Å². The number of aliphatic hydroxyl groups excluding tert-OH is 3. The molecule has 0 aliphatic carbocycles. The number of rotatable bonds is 13. The summed E-state index contributed by atoms with van der Waals surface area (Å²) in [5.74, 6) is -0.0692. The molecule has 3 aromatic rings. The maximum Gasteiger partial charge on any atom is 0.478 e. The van der Waals surface area contributed by atoms with Crippen molar-refractivity contribution in [2.24, 2.45) is 5.73 Å². The number of hydrogen-bond donors (Lipinski definition) is 7. The minimum atomic E-state index is -5.70. The van der Waals surface area contributed by atoms with Gasteiger partial charge in [-0.2, -0.15) is 4.57 Å². The number of phosphoric ester groups is 3. The summed E-state index contributed by atoms with van der Waals surface area (Å²) in [6, 6.07) is 3.11. The predicted octanol–water partition coefficient (Wildman–Crippen LogP) is -3.63. The van der Waals surface area contributed by atoms with E-state index < -0.39 is 85.8 Å². The summed E-state index contributed by atoms with van der Waals surface area (Å²) in [5.41, 5.74) is 11.8. The van der Waals surface area contributed by atoms with E-state index in [0.29, 0.717) is 5.56 Å². The number of phosphoric acid groups is 3. The zero-order valence-corrected chi connectivity index (χ0v) is 27.4. The van der Waals surface area contributed by atoms with Crippen LogP contribution in [0.1, 0.15) is 18.0 Å². The molecule has 0 spiro atoms. The van der Waals surface area contributed by atoms with Gasteiger partial charge in [0.1, 0.15) is 47.4 Å². The number of fused-ring (bicyclic) bond motifs is 1. The van der Waals surface area contributed by atoms with E-state index >= 15 is 0 Å². The minimum Gasteiger partial charge on any atom is -0.756 e. The van der Waals surface area contributed by atoms with Crippen LogP contribution < -0.4 is 25.8 Å². The molecular weight excluding hydrogens is 731 g/mol.